The van der Waals surface area contributed by atoms with E-state index in [4.69, 9.17) is 19.4 Å². The van der Waals surface area contributed by atoms with E-state index in [1.807, 2.05) is 40.1 Å². The summed E-state index contributed by atoms with van der Waals surface area (Å²) in [5.74, 6) is 4.17. The number of hydrogen-bond acceptors (Lipinski definition) is 6. The molecule has 0 amide bonds. The molecule has 0 saturated heterocycles. The number of ether oxygens (including phenoxy) is 2. The smallest absolute Gasteiger partial charge is 0.162 e. The van der Waals surface area contributed by atoms with E-state index in [-0.39, 0.29) is 65.1 Å². The zero-order chi connectivity index (χ0) is 61.8. The van der Waals surface area contributed by atoms with Gasteiger partial charge in [-0.15, -0.1) is 35.0 Å². The monoisotopic (exact) mass is 1340 g/mol. The molecule has 0 unspecified atom stereocenters. The van der Waals surface area contributed by atoms with Crippen LogP contribution in [0.1, 0.15) is 164 Å². The van der Waals surface area contributed by atoms with Gasteiger partial charge in [-0.2, -0.15) is 0 Å². The summed E-state index contributed by atoms with van der Waals surface area (Å²) in [7, 11) is 0. The van der Waals surface area contributed by atoms with E-state index in [9.17, 15) is 9.90 Å². The second-order valence-corrected chi connectivity index (χ2v) is 29.4. The number of allylic oxidation sites excluding steroid dienone is 2. The van der Waals surface area contributed by atoms with Gasteiger partial charge in [-0.25, -0.2) is 0 Å². The number of hydrogen-bond donors (Lipinski definition) is 1. The van der Waals surface area contributed by atoms with E-state index in [0.29, 0.717) is 0 Å². The van der Waals surface area contributed by atoms with Crippen LogP contribution in [0.4, 0.5) is 0 Å². The van der Waals surface area contributed by atoms with Gasteiger partial charge < -0.3 is 14.6 Å². The molecule has 455 valence electrons. The quantitative estimate of drug-likeness (QED) is 0.0601. The maximum atomic E-state index is 11.7. The van der Waals surface area contributed by atoms with Gasteiger partial charge in [0, 0.05) is 72.6 Å². The first-order chi connectivity index (χ1) is 40.6. The van der Waals surface area contributed by atoms with E-state index in [1.165, 1.54) is 77.0 Å². The molecule has 0 atom stereocenters. The summed E-state index contributed by atoms with van der Waals surface area (Å²) in [5, 5.41) is 23.9. The first-order valence-electron chi connectivity index (χ1n) is 31.6. The number of fused-ring (bicyclic) bond motifs is 10. The maximum absolute atomic E-state index is 11.7. The Kier molecular flexibility index (Phi) is 18.8. The third-order valence-corrected chi connectivity index (χ3v) is 16.9. The molecular weight excluding hydrogens is 1250 g/mol. The molecule has 2 aliphatic rings. The van der Waals surface area contributed by atoms with E-state index >= 15 is 0 Å². The van der Waals surface area contributed by atoms with Crippen LogP contribution in [-0.2, 0) is 50.6 Å². The van der Waals surface area contributed by atoms with Gasteiger partial charge in [0.05, 0.1) is 17.3 Å². The summed E-state index contributed by atoms with van der Waals surface area (Å²) in [6.07, 6.45) is 12.7. The Hall–Kier alpha value is -6.92. The van der Waals surface area contributed by atoms with Crippen LogP contribution in [-0.4, -0.2) is 20.9 Å². The van der Waals surface area contributed by atoms with E-state index in [0.717, 1.165) is 118 Å². The van der Waals surface area contributed by atoms with E-state index in [1.54, 1.807) is 0 Å². The number of aromatic nitrogens is 2. The first-order valence-corrected chi connectivity index (χ1v) is 31.6. The molecule has 12 rings (SSSR count). The molecule has 8 aromatic carbocycles. The van der Waals surface area contributed by atoms with Gasteiger partial charge in [0.25, 0.3) is 0 Å². The molecule has 87 heavy (non-hydrogen) atoms. The number of pyridine rings is 2. The fourth-order valence-corrected chi connectivity index (χ4v) is 13.0. The minimum absolute atomic E-state index is 0. The van der Waals surface area contributed by atoms with Crippen molar-refractivity contribution in [2.45, 2.75) is 169 Å². The number of aliphatic hydroxyl groups is 1. The van der Waals surface area contributed by atoms with Crippen LogP contribution in [0.25, 0.3) is 87.1 Å². The van der Waals surface area contributed by atoms with Crippen molar-refractivity contribution in [2.24, 2.45) is 33.5 Å². The standard InChI is InChI=1S/C34H34NO.C33H32NO.C13H24O2.Ir/c1-20-8-10-25-22(14-20)16-27-31-30-26(12-13-35-31)24-11-9-21(18-33(2,3)4)15-23(24)17-29(30)36-32(27)28(25)19-34(5,6)7;1-32(2,3)18-20-11-12-24-22(15-20)17-28-29-25(24)13-14-34-30(29)26-16-21-9-7-8-10-23(21)27(31(26)35-28)19-33(4,5)6;1-5-10(6-2)12(14)9-13(15)11(7-3)8-4;/h8-15,17H,18-19H2,1-7H3;7-15,17H,18-19H2,1-6H3;9-11,14H,5-8H2,1-4H3;/q2*-1;;/b;;12-9-;. The third-order valence-electron chi connectivity index (χ3n) is 16.9. The predicted octanol–water partition coefficient (Wildman–Crippen LogP) is 22.8. The van der Waals surface area contributed by atoms with Crippen LogP contribution in [0, 0.1) is 52.6 Å². The predicted molar refractivity (Wildman–Crippen MR) is 363 cm³/mol. The molecule has 4 heterocycles. The Balaban J connectivity index is 0.000000168. The summed E-state index contributed by atoms with van der Waals surface area (Å²) in [5.41, 5.74) is 11.1. The number of carbonyl (C=O) groups excluding carboxylic acids is 1. The maximum Gasteiger partial charge on any atom is 0.162 e. The number of rotatable bonds is 11. The molecule has 1 radical (unpaired) electrons. The number of aryl methyl sites for hydroxylation is 1. The number of benzene rings is 8. The number of nitrogens with zero attached hydrogens (tertiary/aromatic N) is 2. The molecule has 7 heteroatoms. The van der Waals surface area contributed by atoms with Gasteiger partial charge in [-0.1, -0.05) is 216 Å². The van der Waals surface area contributed by atoms with Crippen LogP contribution >= 0.6 is 0 Å². The number of carbonyl (C=O) groups is 1. The van der Waals surface area contributed by atoms with Crippen LogP contribution in [0.3, 0.4) is 0 Å². The Morgan fingerprint density at radius 1 is 0.506 bits per heavy atom. The van der Waals surface area contributed by atoms with E-state index < -0.39 is 0 Å². The summed E-state index contributed by atoms with van der Waals surface area (Å²) < 4.78 is 13.7. The van der Waals surface area contributed by atoms with Crippen molar-refractivity contribution in [3.63, 3.8) is 0 Å². The van der Waals surface area contributed by atoms with Gasteiger partial charge in [0.15, 0.2) is 5.78 Å². The Labute approximate surface area is 532 Å². The van der Waals surface area contributed by atoms with Crippen molar-refractivity contribution in [3.8, 4) is 45.5 Å². The topological polar surface area (TPSA) is 81.5 Å². The van der Waals surface area contributed by atoms with Crippen LogP contribution < -0.4 is 9.47 Å². The van der Waals surface area contributed by atoms with Gasteiger partial charge in [0.2, 0.25) is 0 Å². The third kappa shape index (κ3) is 14.0. The summed E-state index contributed by atoms with van der Waals surface area (Å²) in [4.78, 5) is 21.5. The fourth-order valence-electron chi connectivity index (χ4n) is 13.0. The second-order valence-electron chi connectivity index (χ2n) is 29.4. The van der Waals surface area contributed by atoms with Crippen molar-refractivity contribution in [1.82, 2.24) is 9.97 Å². The Morgan fingerprint density at radius 2 is 0.931 bits per heavy atom. The van der Waals surface area contributed by atoms with Crippen molar-refractivity contribution in [1.29, 1.82) is 0 Å². The van der Waals surface area contributed by atoms with Crippen molar-refractivity contribution in [3.05, 3.63) is 167 Å². The summed E-state index contributed by atoms with van der Waals surface area (Å²) >= 11 is 0. The largest absolute Gasteiger partial charge is 0.512 e. The number of aliphatic hydroxyl groups excluding tert-OH is 1. The summed E-state index contributed by atoms with van der Waals surface area (Å²) in [6, 6.07) is 45.0. The summed E-state index contributed by atoms with van der Waals surface area (Å²) in [6.45, 7) is 37.7. The number of ketones is 1. The second kappa shape index (κ2) is 25.3. The van der Waals surface area contributed by atoms with Gasteiger partial charge in [-0.05, 0) is 148 Å². The molecule has 0 fully saturated rings. The molecule has 2 aliphatic heterocycles. The molecule has 0 saturated carbocycles. The van der Waals surface area contributed by atoms with E-state index in [2.05, 4.69) is 205 Å². The normalized spacial score (nSPS) is 13.0. The van der Waals surface area contributed by atoms with Crippen LogP contribution in [0.15, 0.2) is 127 Å². The Morgan fingerprint density at radius 3 is 1.38 bits per heavy atom. The first kappa shape index (κ1) is 64.6. The molecule has 0 spiro atoms. The zero-order valence-electron chi connectivity index (χ0n) is 54.8. The average Bonchev–Trinajstić information content (AvgIpc) is 0.754. The molecular formula is C80H90IrN2O4-2. The average molecular weight is 1340 g/mol. The van der Waals surface area contributed by atoms with Crippen molar-refractivity contribution in [2.75, 3.05) is 0 Å². The Bertz CT molecular complexity index is 4270. The van der Waals surface area contributed by atoms with Crippen LogP contribution in [0.2, 0.25) is 0 Å². The minimum atomic E-state index is 0. The molecule has 1 N–H and O–H groups in total. The molecule has 6 nitrogen and oxygen atoms in total. The van der Waals surface area contributed by atoms with Gasteiger partial charge in [-0.3, -0.25) is 14.8 Å². The van der Waals surface area contributed by atoms with Gasteiger partial charge >= 0.3 is 0 Å². The van der Waals surface area contributed by atoms with Crippen molar-refractivity contribution >= 4 is 70.4 Å². The molecule has 0 bridgehead atoms. The molecule has 2 aromatic heterocycles. The molecule has 10 aromatic rings. The van der Waals surface area contributed by atoms with Crippen molar-refractivity contribution < 1.29 is 39.5 Å². The zero-order valence-corrected chi connectivity index (χ0v) is 57.2. The molecule has 0 aliphatic carbocycles. The van der Waals surface area contributed by atoms with Gasteiger partial charge in [0.1, 0.15) is 11.5 Å². The SMILES string of the molecule is CC(C)(C)Cc1ccc2c(c1)cc1c3c(nccc32)-c2[c-]c3ccccc3c(CC(C)(C)C)c2O1.CCC(CC)C(=O)/C=C(\O)C(CC)CC.Cc1ccc2c(CC(C)(C)C)c3c([c-]c2c1)-c1nccc2c1c(cc1cc(CC(C)(C)C)ccc12)O3.[Ir]. The fraction of sp³-hybridized carbons (Fsp3) is 0.388. The minimum Gasteiger partial charge on any atom is -0.512 e. The van der Waals surface area contributed by atoms with Crippen LogP contribution in [0.5, 0.6) is 23.0 Å².